The van der Waals surface area contributed by atoms with Crippen LogP contribution in [-0.4, -0.2) is 54.7 Å². The Hall–Kier alpha value is -3.39. The molecule has 31 heavy (non-hydrogen) atoms. The quantitative estimate of drug-likeness (QED) is 0.470. The maximum atomic E-state index is 5.37. The molecule has 158 valence electrons. The lowest BCUT2D eigenvalue weighted by molar-refractivity contribution is 0.414. The molecule has 7 nitrogen and oxygen atoms in total. The standard InChI is InChI=1S/C23H23N5O2S/c1-29-18-8-6-16(7-9-18)20-21-22(31-26-20)23(25-15-24-21)28-12-10-27(11-13-28)17-4-3-5-19(14-17)30-2/h3-9,14-15H,10-13H2,1-2H3. The third-order valence-corrected chi connectivity index (χ3v) is 6.43. The van der Waals surface area contributed by atoms with Crippen LogP contribution in [0.25, 0.3) is 21.5 Å². The minimum Gasteiger partial charge on any atom is -0.497 e. The lowest BCUT2D eigenvalue weighted by Gasteiger charge is -2.36. The average molecular weight is 434 g/mol. The second-order valence-electron chi connectivity index (χ2n) is 7.31. The Balaban J connectivity index is 1.38. The van der Waals surface area contributed by atoms with Crippen LogP contribution in [0.15, 0.2) is 54.9 Å². The number of methoxy groups -OCH3 is 2. The highest BCUT2D eigenvalue weighted by Crippen LogP contribution is 2.35. The Morgan fingerprint density at radius 2 is 1.58 bits per heavy atom. The Bertz CT molecular complexity index is 1190. The third-order valence-electron chi connectivity index (χ3n) is 5.60. The Morgan fingerprint density at radius 1 is 0.839 bits per heavy atom. The normalized spacial score (nSPS) is 14.1. The van der Waals surface area contributed by atoms with Gasteiger partial charge in [-0.05, 0) is 47.9 Å². The van der Waals surface area contributed by atoms with Gasteiger partial charge in [0.15, 0.2) is 5.82 Å². The van der Waals surface area contributed by atoms with Crippen LogP contribution >= 0.6 is 11.5 Å². The van der Waals surface area contributed by atoms with Crippen molar-refractivity contribution in [3.05, 3.63) is 54.9 Å². The smallest absolute Gasteiger partial charge is 0.151 e. The highest BCUT2D eigenvalue weighted by molar-refractivity contribution is 7.14. The van der Waals surface area contributed by atoms with Crippen LogP contribution < -0.4 is 19.3 Å². The van der Waals surface area contributed by atoms with Gasteiger partial charge in [-0.25, -0.2) is 9.97 Å². The summed E-state index contributed by atoms with van der Waals surface area (Å²) in [5.74, 6) is 2.67. The number of aromatic nitrogens is 3. The van der Waals surface area contributed by atoms with E-state index in [0.29, 0.717) is 0 Å². The van der Waals surface area contributed by atoms with E-state index >= 15 is 0 Å². The van der Waals surface area contributed by atoms with E-state index < -0.39 is 0 Å². The van der Waals surface area contributed by atoms with Gasteiger partial charge in [-0.1, -0.05) is 6.07 Å². The summed E-state index contributed by atoms with van der Waals surface area (Å²) in [5, 5.41) is 0. The van der Waals surface area contributed by atoms with Crippen molar-refractivity contribution in [1.29, 1.82) is 0 Å². The Morgan fingerprint density at radius 3 is 2.32 bits per heavy atom. The van der Waals surface area contributed by atoms with Gasteiger partial charge in [-0.3, -0.25) is 0 Å². The summed E-state index contributed by atoms with van der Waals surface area (Å²) in [5.41, 5.74) is 4.00. The maximum absolute atomic E-state index is 5.37. The number of fused-ring (bicyclic) bond motifs is 1. The van der Waals surface area contributed by atoms with Gasteiger partial charge in [-0.2, -0.15) is 4.37 Å². The molecule has 0 spiro atoms. The molecule has 0 amide bonds. The molecule has 1 aliphatic heterocycles. The number of rotatable bonds is 5. The van der Waals surface area contributed by atoms with Crippen LogP contribution in [0.4, 0.5) is 11.5 Å². The van der Waals surface area contributed by atoms with Gasteiger partial charge in [0.1, 0.15) is 33.7 Å². The molecular formula is C23H23N5O2S. The molecule has 0 saturated carbocycles. The van der Waals surface area contributed by atoms with Crippen LogP contribution in [-0.2, 0) is 0 Å². The number of nitrogens with zero attached hydrogens (tertiary/aromatic N) is 5. The van der Waals surface area contributed by atoms with E-state index in [1.54, 1.807) is 20.5 Å². The zero-order valence-corrected chi connectivity index (χ0v) is 18.3. The first-order valence-corrected chi connectivity index (χ1v) is 10.9. The molecule has 1 saturated heterocycles. The van der Waals surface area contributed by atoms with Gasteiger partial charge in [0.05, 0.1) is 14.2 Å². The number of hydrogen-bond acceptors (Lipinski definition) is 8. The number of benzene rings is 2. The summed E-state index contributed by atoms with van der Waals surface area (Å²) in [7, 11) is 3.37. The van der Waals surface area contributed by atoms with Crippen LogP contribution in [0.2, 0.25) is 0 Å². The topological polar surface area (TPSA) is 63.6 Å². The van der Waals surface area contributed by atoms with Crippen molar-refractivity contribution in [1.82, 2.24) is 14.3 Å². The minimum absolute atomic E-state index is 0.826. The maximum Gasteiger partial charge on any atom is 0.151 e. The molecule has 3 heterocycles. The van der Waals surface area contributed by atoms with Crippen molar-refractivity contribution in [2.75, 3.05) is 50.2 Å². The van der Waals surface area contributed by atoms with E-state index in [1.807, 2.05) is 36.4 Å². The third kappa shape index (κ3) is 3.74. The molecular weight excluding hydrogens is 410 g/mol. The molecule has 5 rings (SSSR count). The van der Waals surface area contributed by atoms with Gasteiger partial charge < -0.3 is 19.3 Å². The molecule has 0 radical (unpaired) electrons. The minimum atomic E-state index is 0.826. The summed E-state index contributed by atoms with van der Waals surface area (Å²) >= 11 is 1.46. The monoisotopic (exact) mass is 433 g/mol. The van der Waals surface area contributed by atoms with Crippen LogP contribution in [0, 0.1) is 0 Å². The summed E-state index contributed by atoms with van der Waals surface area (Å²) < 4.78 is 16.4. The zero-order valence-electron chi connectivity index (χ0n) is 17.5. The highest BCUT2D eigenvalue weighted by Gasteiger charge is 2.23. The molecule has 8 heteroatoms. The fourth-order valence-electron chi connectivity index (χ4n) is 3.90. The molecule has 2 aromatic carbocycles. The fourth-order valence-corrected chi connectivity index (χ4v) is 4.77. The molecule has 0 N–H and O–H groups in total. The van der Waals surface area contributed by atoms with Crippen LogP contribution in [0.5, 0.6) is 11.5 Å². The molecule has 1 aliphatic rings. The highest BCUT2D eigenvalue weighted by atomic mass is 32.1. The van der Waals surface area contributed by atoms with Gasteiger partial charge >= 0.3 is 0 Å². The molecule has 1 fully saturated rings. The fraction of sp³-hybridized carbons (Fsp3) is 0.261. The summed E-state index contributed by atoms with van der Waals surface area (Å²) in [6, 6.07) is 16.1. The Labute approximate surface area is 185 Å². The predicted octanol–water partition coefficient (Wildman–Crippen LogP) is 4.10. The van der Waals surface area contributed by atoms with Gasteiger partial charge in [0.2, 0.25) is 0 Å². The summed E-state index contributed by atoms with van der Waals surface area (Å²) in [4.78, 5) is 13.9. The molecule has 2 aromatic heterocycles. The molecule has 4 aromatic rings. The second kappa shape index (κ2) is 8.39. The van der Waals surface area contributed by atoms with Gasteiger partial charge in [-0.15, -0.1) is 0 Å². The van der Waals surface area contributed by atoms with Crippen molar-refractivity contribution in [3.63, 3.8) is 0 Å². The number of ether oxygens (including phenoxy) is 2. The molecule has 0 atom stereocenters. The van der Waals surface area contributed by atoms with Crippen LogP contribution in [0.1, 0.15) is 0 Å². The van der Waals surface area contributed by atoms with Crippen molar-refractivity contribution >= 4 is 33.3 Å². The number of piperazine rings is 1. The lowest BCUT2D eigenvalue weighted by Crippen LogP contribution is -2.46. The zero-order chi connectivity index (χ0) is 21.2. The first-order valence-electron chi connectivity index (χ1n) is 10.2. The Kier molecular flexibility index (Phi) is 5.30. The van der Waals surface area contributed by atoms with Gasteiger partial charge in [0.25, 0.3) is 0 Å². The van der Waals surface area contributed by atoms with Crippen LogP contribution in [0.3, 0.4) is 0 Å². The first kappa shape index (κ1) is 19.6. The van der Waals surface area contributed by atoms with Crippen molar-refractivity contribution in [2.45, 2.75) is 0 Å². The summed E-state index contributed by atoms with van der Waals surface area (Å²) in [6.07, 6.45) is 1.65. The van der Waals surface area contributed by atoms with E-state index in [2.05, 4.69) is 31.9 Å². The first-order chi connectivity index (χ1) is 15.3. The van der Waals surface area contributed by atoms with E-state index in [9.17, 15) is 0 Å². The predicted molar refractivity (Wildman–Crippen MR) is 125 cm³/mol. The number of hydrogen-bond donors (Lipinski definition) is 0. The van der Waals surface area contributed by atoms with E-state index in [1.165, 1.54) is 17.2 Å². The van der Waals surface area contributed by atoms with E-state index in [4.69, 9.17) is 13.8 Å². The van der Waals surface area contributed by atoms with Crippen molar-refractivity contribution in [2.24, 2.45) is 0 Å². The molecule has 0 bridgehead atoms. The van der Waals surface area contributed by atoms with Crippen molar-refractivity contribution in [3.8, 4) is 22.8 Å². The number of anilines is 2. The van der Waals surface area contributed by atoms with Crippen molar-refractivity contribution < 1.29 is 9.47 Å². The van der Waals surface area contributed by atoms with E-state index in [0.717, 1.165) is 65.0 Å². The lowest BCUT2D eigenvalue weighted by atomic mass is 10.1. The largest absolute Gasteiger partial charge is 0.497 e. The molecule has 0 unspecified atom stereocenters. The van der Waals surface area contributed by atoms with E-state index in [-0.39, 0.29) is 0 Å². The second-order valence-corrected chi connectivity index (χ2v) is 8.08. The van der Waals surface area contributed by atoms with Gasteiger partial charge in [0, 0.05) is 43.5 Å². The SMILES string of the molecule is COc1ccc(-c2nsc3c(N4CCN(c5cccc(OC)c5)CC4)ncnc23)cc1. The molecule has 0 aliphatic carbocycles. The summed E-state index contributed by atoms with van der Waals surface area (Å²) in [6.45, 7) is 3.61. The average Bonchev–Trinajstić information content (AvgIpc) is 3.28.